The number of ether oxygens (including phenoxy) is 2. The zero-order chi connectivity index (χ0) is 8.48. The molecule has 1 fully saturated rings. The molecule has 0 saturated carbocycles. The highest BCUT2D eigenvalue weighted by molar-refractivity contribution is 5.67. The summed E-state index contributed by atoms with van der Waals surface area (Å²) >= 11 is 0. The molecule has 64 valence electrons. The average molecular weight is 160 g/mol. The molecular weight excluding hydrogens is 148 g/mol. The fraction of sp³-hybridized carbons (Fsp3) is 0.857. The minimum atomic E-state index is -0.851. The molecule has 0 unspecified atom stereocenters. The zero-order valence-electron chi connectivity index (χ0n) is 6.66. The smallest absolute Gasteiger partial charge is 0.306 e. The predicted molar refractivity (Wildman–Crippen MR) is 37.2 cm³/mol. The van der Waals surface area contributed by atoms with Crippen molar-refractivity contribution in [1.29, 1.82) is 0 Å². The van der Waals surface area contributed by atoms with E-state index in [0.717, 1.165) is 0 Å². The molecular formula is C7H12O4. The van der Waals surface area contributed by atoms with E-state index in [9.17, 15) is 4.79 Å². The number of hydrogen-bond acceptors (Lipinski definition) is 3. The molecule has 1 heterocycles. The molecule has 0 aromatic rings. The summed E-state index contributed by atoms with van der Waals surface area (Å²) in [5.41, 5.74) is 0. The molecule has 1 saturated heterocycles. The van der Waals surface area contributed by atoms with Crippen molar-refractivity contribution in [3.05, 3.63) is 0 Å². The second kappa shape index (κ2) is 2.79. The summed E-state index contributed by atoms with van der Waals surface area (Å²) in [6.07, 6.45) is -0.272. The monoisotopic (exact) mass is 160 g/mol. The van der Waals surface area contributed by atoms with E-state index < -0.39 is 11.8 Å². The van der Waals surface area contributed by atoms with Gasteiger partial charge in [0.1, 0.15) is 0 Å². The summed E-state index contributed by atoms with van der Waals surface area (Å²) in [5, 5.41) is 8.41. The van der Waals surface area contributed by atoms with Crippen molar-refractivity contribution in [1.82, 2.24) is 0 Å². The normalized spacial score (nSPS) is 28.7. The Morgan fingerprint density at radius 3 is 2.73 bits per heavy atom. The Bertz CT molecular complexity index is 164. The summed E-state index contributed by atoms with van der Waals surface area (Å²) in [6.45, 7) is 3.92. The van der Waals surface area contributed by atoms with E-state index in [4.69, 9.17) is 14.6 Å². The van der Waals surface area contributed by atoms with Gasteiger partial charge >= 0.3 is 5.97 Å². The van der Waals surface area contributed by atoms with Crippen molar-refractivity contribution < 1.29 is 19.4 Å². The molecule has 4 heteroatoms. The molecule has 0 amide bonds. The zero-order valence-corrected chi connectivity index (χ0v) is 6.66. The van der Waals surface area contributed by atoms with E-state index in [1.165, 1.54) is 0 Å². The highest BCUT2D eigenvalue weighted by Gasteiger charge is 2.33. The van der Waals surface area contributed by atoms with Crippen LogP contribution in [-0.4, -0.2) is 29.6 Å². The van der Waals surface area contributed by atoms with E-state index in [1.54, 1.807) is 13.8 Å². The predicted octanol–water partition coefficient (Wildman–Crippen LogP) is 0.613. The first-order chi connectivity index (χ1) is 4.99. The first-order valence-electron chi connectivity index (χ1n) is 3.53. The third-order valence-corrected chi connectivity index (χ3v) is 1.47. The fourth-order valence-corrected chi connectivity index (χ4v) is 1.06. The Morgan fingerprint density at radius 1 is 1.73 bits per heavy atom. The van der Waals surface area contributed by atoms with Crippen LogP contribution in [0.15, 0.2) is 0 Å². The molecule has 0 aromatic carbocycles. The minimum absolute atomic E-state index is 0.0173. The Kier molecular flexibility index (Phi) is 2.15. The van der Waals surface area contributed by atoms with Gasteiger partial charge in [-0.3, -0.25) is 4.79 Å². The molecule has 4 nitrogen and oxygen atoms in total. The molecule has 1 rings (SSSR count). The number of aliphatic carboxylic acids is 1. The molecule has 0 aliphatic carbocycles. The summed E-state index contributed by atoms with van der Waals surface area (Å²) in [6, 6.07) is 0. The maximum atomic E-state index is 10.2. The average Bonchev–Trinajstić information content (AvgIpc) is 2.08. The molecule has 11 heavy (non-hydrogen) atoms. The fourth-order valence-electron chi connectivity index (χ4n) is 1.06. The van der Waals surface area contributed by atoms with Crippen molar-refractivity contribution in [3.8, 4) is 0 Å². The molecule has 0 aromatic heterocycles. The Balaban J connectivity index is 2.36. The molecule has 1 aliphatic heterocycles. The third-order valence-electron chi connectivity index (χ3n) is 1.47. The minimum Gasteiger partial charge on any atom is -0.481 e. The van der Waals surface area contributed by atoms with Gasteiger partial charge in [0.25, 0.3) is 0 Å². The van der Waals surface area contributed by atoms with E-state index in [2.05, 4.69) is 0 Å². The van der Waals surface area contributed by atoms with Crippen LogP contribution in [0.1, 0.15) is 20.3 Å². The van der Waals surface area contributed by atoms with Crippen LogP contribution in [0.5, 0.6) is 0 Å². The van der Waals surface area contributed by atoms with E-state index in [-0.39, 0.29) is 12.5 Å². The first kappa shape index (κ1) is 8.49. The van der Waals surface area contributed by atoms with E-state index >= 15 is 0 Å². The van der Waals surface area contributed by atoms with E-state index in [1.807, 2.05) is 0 Å². The van der Waals surface area contributed by atoms with Crippen LogP contribution in [0.3, 0.4) is 0 Å². The number of carboxylic acids is 1. The second-order valence-corrected chi connectivity index (χ2v) is 3.05. The standard InChI is InChI=1S/C7H12O4/c1-7(2)10-4-5(11-7)3-6(8)9/h5H,3-4H2,1-2H3,(H,8,9)/t5-/m0/s1. The van der Waals surface area contributed by atoms with Gasteiger partial charge in [-0.1, -0.05) is 0 Å². The lowest BCUT2D eigenvalue weighted by Crippen LogP contribution is -2.22. The molecule has 1 atom stereocenters. The van der Waals surface area contributed by atoms with Crippen LogP contribution >= 0.6 is 0 Å². The van der Waals surface area contributed by atoms with Crippen molar-refractivity contribution in [3.63, 3.8) is 0 Å². The van der Waals surface area contributed by atoms with Crippen LogP contribution in [-0.2, 0) is 14.3 Å². The molecule has 1 N–H and O–H groups in total. The number of rotatable bonds is 2. The summed E-state index contributed by atoms with van der Waals surface area (Å²) in [4.78, 5) is 10.2. The second-order valence-electron chi connectivity index (χ2n) is 3.05. The summed E-state index contributed by atoms with van der Waals surface area (Å²) in [7, 11) is 0. The molecule has 0 radical (unpaired) electrons. The van der Waals surface area contributed by atoms with Gasteiger partial charge < -0.3 is 14.6 Å². The van der Waals surface area contributed by atoms with Crippen LogP contribution in [0.4, 0.5) is 0 Å². The SMILES string of the molecule is CC1(C)OC[C@H](CC(=O)O)O1. The first-order valence-corrected chi connectivity index (χ1v) is 3.53. The van der Waals surface area contributed by atoms with Gasteiger partial charge in [-0.25, -0.2) is 0 Å². The van der Waals surface area contributed by atoms with Gasteiger partial charge in [-0.05, 0) is 13.8 Å². The van der Waals surface area contributed by atoms with Gasteiger partial charge in [-0.2, -0.15) is 0 Å². The van der Waals surface area contributed by atoms with Crippen LogP contribution in [0, 0.1) is 0 Å². The van der Waals surface area contributed by atoms with Crippen molar-refractivity contribution in [2.45, 2.75) is 32.2 Å². The number of carbonyl (C=O) groups is 1. The lowest BCUT2D eigenvalue weighted by Gasteiger charge is -2.16. The highest BCUT2D eigenvalue weighted by atomic mass is 16.7. The lowest BCUT2D eigenvalue weighted by atomic mass is 10.3. The molecule has 0 spiro atoms. The molecule has 0 bridgehead atoms. The van der Waals surface area contributed by atoms with Gasteiger partial charge in [0.05, 0.1) is 19.1 Å². The van der Waals surface area contributed by atoms with E-state index in [0.29, 0.717) is 6.61 Å². The summed E-state index contributed by atoms with van der Waals surface area (Å²) in [5.74, 6) is -1.46. The number of hydrogen-bond donors (Lipinski definition) is 1. The third kappa shape index (κ3) is 2.48. The lowest BCUT2D eigenvalue weighted by molar-refractivity contribution is -0.149. The van der Waals surface area contributed by atoms with Crippen LogP contribution in [0.25, 0.3) is 0 Å². The van der Waals surface area contributed by atoms with Crippen molar-refractivity contribution >= 4 is 5.97 Å². The topological polar surface area (TPSA) is 55.8 Å². The maximum Gasteiger partial charge on any atom is 0.306 e. The largest absolute Gasteiger partial charge is 0.481 e. The van der Waals surface area contributed by atoms with Gasteiger partial charge in [0.2, 0.25) is 0 Å². The Morgan fingerprint density at radius 2 is 2.36 bits per heavy atom. The maximum absolute atomic E-state index is 10.2. The highest BCUT2D eigenvalue weighted by Crippen LogP contribution is 2.23. The van der Waals surface area contributed by atoms with Gasteiger partial charge in [0, 0.05) is 0 Å². The van der Waals surface area contributed by atoms with Crippen LogP contribution in [0.2, 0.25) is 0 Å². The van der Waals surface area contributed by atoms with Gasteiger partial charge in [-0.15, -0.1) is 0 Å². The molecule has 1 aliphatic rings. The Hall–Kier alpha value is -0.610. The summed E-state index contributed by atoms with van der Waals surface area (Å²) < 4.78 is 10.4. The quantitative estimate of drug-likeness (QED) is 0.643. The number of carboxylic acid groups (broad SMARTS) is 1. The van der Waals surface area contributed by atoms with Crippen LogP contribution < -0.4 is 0 Å². The Labute approximate surface area is 65.1 Å². The van der Waals surface area contributed by atoms with Crippen molar-refractivity contribution in [2.75, 3.05) is 6.61 Å². The van der Waals surface area contributed by atoms with Crippen molar-refractivity contribution in [2.24, 2.45) is 0 Å². The van der Waals surface area contributed by atoms with Gasteiger partial charge in [0.15, 0.2) is 5.79 Å².